The Kier molecular flexibility index (Phi) is 5.34. The minimum absolute atomic E-state index is 0.419. The van der Waals surface area contributed by atoms with Crippen molar-refractivity contribution in [3.63, 3.8) is 0 Å². The normalized spacial score (nSPS) is 14.6. The maximum Gasteiger partial charge on any atom is 0.296 e. The van der Waals surface area contributed by atoms with Gasteiger partial charge >= 0.3 is 0 Å². The van der Waals surface area contributed by atoms with E-state index in [-0.39, 0.29) is 0 Å². The lowest BCUT2D eigenvalue weighted by Crippen LogP contribution is -2.34. The van der Waals surface area contributed by atoms with Crippen LogP contribution in [0.5, 0.6) is 0 Å². The number of likely N-dealkylation sites (N-methyl/N-ethyl adjacent to an activating group) is 1. The van der Waals surface area contributed by atoms with Crippen LogP contribution in [0.3, 0.4) is 0 Å². The number of rotatable bonds is 6. The van der Waals surface area contributed by atoms with Crippen molar-refractivity contribution in [3.8, 4) is 0 Å². The van der Waals surface area contributed by atoms with Gasteiger partial charge < -0.3 is 9.47 Å². The number of aryl methyl sites for hydroxylation is 1. The average Bonchev–Trinajstić information content (AvgIpc) is 3.27. The second-order valence-electron chi connectivity index (χ2n) is 6.75. The number of ketones is 1. The van der Waals surface area contributed by atoms with Gasteiger partial charge in [0, 0.05) is 33.4 Å². The molecular weight excluding hydrogens is 314 g/mol. The molecule has 2 aromatic rings. The number of aromatic nitrogens is 1. The number of carbonyl (C=O) groups is 2. The Morgan fingerprint density at radius 2 is 1.72 bits per heavy atom. The van der Waals surface area contributed by atoms with Crippen LogP contribution in [0.4, 0.5) is 0 Å². The Morgan fingerprint density at radius 3 is 2.36 bits per heavy atom. The highest BCUT2D eigenvalue weighted by atomic mass is 16.2. The van der Waals surface area contributed by atoms with E-state index in [1.807, 2.05) is 18.2 Å². The van der Waals surface area contributed by atoms with Crippen LogP contribution < -0.4 is 0 Å². The topological polar surface area (TPSA) is 45.6 Å². The van der Waals surface area contributed by atoms with Gasteiger partial charge in [0.25, 0.3) is 11.7 Å². The van der Waals surface area contributed by atoms with Gasteiger partial charge in [-0.05, 0) is 49.2 Å². The van der Waals surface area contributed by atoms with Crippen LogP contribution in [-0.2, 0) is 24.9 Å². The van der Waals surface area contributed by atoms with Crippen LogP contribution in [0, 0.1) is 0 Å². The molecule has 0 N–H and O–H groups in total. The lowest BCUT2D eigenvalue weighted by molar-refractivity contribution is -0.125. The van der Waals surface area contributed by atoms with E-state index < -0.39 is 11.7 Å². The molecule has 0 bridgehead atoms. The fraction of sp³-hybridized carbons (Fsp3) is 0.400. The first kappa shape index (κ1) is 17.4. The molecule has 1 fully saturated rings. The van der Waals surface area contributed by atoms with Crippen molar-refractivity contribution in [2.75, 3.05) is 20.1 Å². The molecule has 5 heteroatoms. The van der Waals surface area contributed by atoms with Crippen LogP contribution >= 0.6 is 0 Å². The van der Waals surface area contributed by atoms with Gasteiger partial charge in [-0.1, -0.05) is 24.3 Å². The Morgan fingerprint density at radius 1 is 1.04 bits per heavy atom. The highest BCUT2D eigenvalue weighted by Crippen LogP contribution is 2.17. The van der Waals surface area contributed by atoms with E-state index in [9.17, 15) is 9.59 Å². The Hall–Kier alpha value is -2.40. The summed E-state index contributed by atoms with van der Waals surface area (Å²) < 4.78 is 1.68. The molecule has 0 radical (unpaired) electrons. The molecule has 132 valence electrons. The fourth-order valence-electron chi connectivity index (χ4n) is 3.35. The standard InChI is InChI=1S/C20H25N3O2/c1-21-11-7-10-18(21)19(24)20(25)22(2)14-16-8-3-4-9-17(16)15-23-12-5-6-13-23/h3-4,7-11H,5-6,12-15H2,1-2H3. The molecule has 0 aliphatic carbocycles. The number of Topliss-reactive ketones (excluding diaryl/α,β-unsaturated/α-hetero) is 1. The zero-order valence-corrected chi connectivity index (χ0v) is 14.9. The molecule has 25 heavy (non-hydrogen) atoms. The molecule has 1 aromatic carbocycles. The highest BCUT2D eigenvalue weighted by Gasteiger charge is 2.23. The summed E-state index contributed by atoms with van der Waals surface area (Å²) in [6.07, 6.45) is 4.28. The van der Waals surface area contributed by atoms with Gasteiger partial charge in [-0.25, -0.2) is 0 Å². The van der Waals surface area contributed by atoms with Gasteiger partial charge in [-0.3, -0.25) is 14.5 Å². The molecular formula is C20H25N3O2. The molecule has 1 aliphatic heterocycles. The molecule has 1 amide bonds. The Balaban J connectivity index is 1.70. The summed E-state index contributed by atoms with van der Waals surface area (Å²) in [6, 6.07) is 11.6. The third-order valence-electron chi connectivity index (χ3n) is 4.84. The van der Waals surface area contributed by atoms with Gasteiger partial charge in [0.05, 0.1) is 5.69 Å². The van der Waals surface area contributed by atoms with Crippen molar-refractivity contribution in [1.29, 1.82) is 0 Å². The van der Waals surface area contributed by atoms with Crippen LogP contribution in [0.2, 0.25) is 0 Å². The molecule has 1 aliphatic rings. The predicted molar refractivity (Wildman–Crippen MR) is 97.2 cm³/mol. The SMILES string of the molecule is CN(Cc1ccccc1CN1CCCC1)C(=O)C(=O)c1cccn1C. The first-order chi connectivity index (χ1) is 12.1. The van der Waals surface area contributed by atoms with Crippen molar-refractivity contribution in [2.45, 2.75) is 25.9 Å². The quantitative estimate of drug-likeness (QED) is 0.600. The molecule has 1 aromatic heterocycles. The van der Waals surface area contributed by atoms with Crippen LogP contribution in [0.25, 0.3) is 0 Å². The molecule has 0 unspecified atom stereocenters. The lowest BCUT2D eigenvalue weighted by Gasteiger charge is -2.21. The maximum atomic E-state index is 12.5. The summed E-state index contributed by atoms with van der Waals surface area (Å²) in [7, 11) is 3.46. The fourth-order valence-corrected chi connectivity index (χ4v) is 3.35. The zero-order valence-electron chi connectivity index (χ0n) is 14.9. The van der Waals surface area contributed by atoms with E-state index >= 15 is 0 Å². The van der Waals surface area contributed by atoms with E-state index in [0.717, 1.165) is 25.2 Å². The third-order valence-corrected chi connectivity index (χ3v) is 4.84. The van der Waals surface area contributed by atoms with Crippen molar-refractivity contribution in [1.82, 2.24) is 14.4 Å². The number of benzene rings is 1. The summed E-state index contributed by atoms with van der Waals surface area (Å²) >= 11 is 0. The van der Waals surface area contributed by atoms with E-state index in [2.05, 4.69) is 11.0 Å². The van der Waals surface area contributed by atoms with Gasteiger partial charge in [-0.15, -0.1) is 0 Å². The number of hydrogen-bond acceptors (Lipinski definition) is 3. The second kappa shape index (κ2) is 7.66. The molecule has 2 heterocycles. The van der Waals surface area contributed by atoms with Gasteiger partial charge in [0.1, 0.15) is 0 Å². The van der Waals surface area contributed by atoms with Crippen LogP contribution in [0.15, 0.2) is 42.6 Å². The van der Waals surface area contributed by atoms with Gasteiger partial charge in [0.2, 0.25) is 0 Å². The number of nitrogens with zero attached hydrogens (tertiary/aromatic N) is 3. The van der Waals surface area contributed by atoms with Crippen LogP contribution in [0.1, 0.15) is 34.5 Å². The summed E-state index contributed by atoms with van der Waals surface area (Å²) in [4.78, 5) is 28.9. The summed E-state index contributed by atoms with van der Waals surface area (Å²) in [5, 5.41) is 0. The monoisotopic (exact) mass is 339 g/mol. The molecule has 5 nitrogen and oxygen atoms in total. The lowest BCUT2D eigenvalue weighted by atomic mass is 10.1. The van der Waals surface area contributed by atoms with Crippen molar-refractivity contribution < 1.29 is 9.59 Å². The van der Waals surface area contributed by atoms with Gasteiger partial charge in [-0.2, -0.15) is 0 Å². The minimum Gasteiger partial charge on any atom is -0.348 e. The summed E-state index contributed by atoms with van der Waals surface area (Å²) in [5.41, 5.74) is 2.75. The minimum atomic E-state index is -0.474. The molecule has 0 spiro atoms. The van der Waals surface area contributed by atoms with Crippen molar-refractivity contribution in [2.24, 2.45) is 7.05 Å². The Labute approximate surface area is 148 Å². The van der Waals surface area contributed by atoms with Gasteiger partial charge in [0.15, 0.2) is 0 Å². The van der Waals surface area contributed by atoms with E-state index in [1.54, 1.807) is 37.0 Å². The largest absolute Gasteiger partial charge is 0.348 e. The van der Waals surface area contributed by atoms with Crippen LogP contribution in [-0.4, -0.2) is 46.2 Å². The maximum absolute atomic E-state index is 12.5. The number of likely N-dealkylation sites (tertiary alicyclic amines) is 1. The number of hydrogen-bond donors (Lipinski definition) is 0. The number of amides is 1. The first-order valence-electron chi connectivity index (χ1n) is 8.76. The van der Waals surface area contributed by atoms with Crippen molar-refractivity contribution in [3.05, 3.63) is 59.4 Å². The van der Waals surface area contributed by atoms with E-state index in [4.69, 9.17) is 0 Å². The molecule has 0 saturated carbocycles. The van der Waals surface area contributed by atoms with E-state index in [1.165, 1.54) is 23.3 Å². The molecule has 3 rings (SSSR count). The molecule has 1 saturated heterocycles. The average molecular weight is 339 g/mol. The zero-order chi connectivity index (χ0) is 17.8. The van der Waals surface area contributed by atoms with Crippen molar-refractivity contribution >= 4 is 11.7 Å². The predicted octanol–water partition coefficient (Wildman–Crippen LogP) is 2.46. The van der Waals surface area contributed by atoms with E-state index in [0.29, 0.717) is 12.2 Å². The Bertz CT molecular complexity index is 760. The second-order valence-corrected chi connectivity index (χ2v) is 6.75. The third kappa shape index (κ3) is 3.99. The molecule has 0 atom stereocenters. The smallest absolute Gasteiger partial charge is 0.296 e. The highest BCUT2D eigenvalue weighted by molar-refractivity contribution is 6.42. The number of carbonyl (C=O) groups excluding carboxylic acids is 2. The summed E-state index contributed by atoms with van der Waals surface area (Å²) in [6.45, 7) is 3.62. The first-order valence-corrected chi connectivity index (χ1v) is 8.76. The summed E-state index contributed by atoms with van der Waals surface area (Å²) in [5.74, 6) is -0.940.